The van der Waals surface area contributed by atoms with Gasteiger partial charge in [-0.2, -0.15) is 0 Å². The molecule has 3 aromatic carbocycles. The van der Waals surface area contributed by atoms with Crippen LogP contribution in [0.2, 0.25) is 5.02 Å². The number of hydrogen-bond acceptors (Lipinski definition) is 5. The Morgan fingerprint density at radius 1 is 1.00 bits per heavy atom. The summed E-state index contributed by atoms with van der Waals surface area (Å²) < 4.78 is 34.3. The first kappa shape index (κ1) is 32.4. The standard InChI is InChI=1S/C33H40ClN3O5S/c1-24-14-17-29(18-15-24)43(40,41)37(28-16-19-31(42-3)30(34)22-28)23-32(38)36(21-20-26-10-6-4-7-11-26)25(2)33(39)35-27-12-8-5-9-13-27/h4,6-7,10-11,14-19,22,25,27H,5,8-9,12-13,20-21,23H2,1-3H3,(H,35,39). The Morgan fingerprint density at radius 3 is 2.30 bits per heavy atom. The lowest BCUT2D eigenvalue weighted by Crippen LogP contribution is -2.53. The zero-order chi connectivity index (χ0) is 31.0. The Morgan fingerprint density at radius 2 is 1.67 bits per heavy atom. The molecule has 1 N–H and O–H groups in total. The predicted molar refractivity (Wildman–Crippen MR) is 170 cm³/mol. The molecule has 0 saturated heterocycles. The summed E-state index contributed by atoms with van der Waals surface area (Å²) in [4.78, 5) is 29.0. The molecule has 1 saturated carbocycles. The van der Waals surface area contributed by atoms with Crippen molar-refractivity contribution >= 4 is 39.1 Å². The highest BCUT2D eigenvalue weighted by molar-refractivity contribution is 7.92. The van der Waals surface area contributed by atoms with E-state index in [2.05, 4.69) is 5.32 Å². The number of carbonyl (C=O) groups is 2. The second-order valence-corrected chi connectivity index (χ2v) is 13.3. The van der Waals surface area contributed by atoms with Crippen LogP contribution in [0.5, 0.6) is 5.75 Å². The Kier molecular flexibility index (Phi) is 11.1. The van der Waals surface area contributed by atoms with Gasteiger partial charge in [0.1, 0.15) is 18.3 Å². The molecule has 3 aromatic rings. The first-order valence-corrected chi connectivity index (χ1v) is 16.5. The van der Waals surface area contributed by atoms with Gasteiger partial charge in [-0.1, -0.05) is 78.9 Å². The monoisotopic (exact) mass is 625 g/mol. The van der Waals surface area contributed by atoms with Crippen molar-refractivity contribution in [3.8, 4) is 5.75 Å². The van der Waals surface area contributed by atoms with Gasteiger partial charge in [-0.25, -0.2) is 8.42 Å². The molecule has 2 amide bonds. The lowest BCUT2D eigenvalue weighted by molar-refractivity contribution is -0.139. The lowest BCUT2D eigenvalue weighted by atomic mass is 9.95. The van der Waals surface area contributed by atoms with E-state index in [9.17, 15) is 18.0 Å². The van der Waals surface area contributed by atoms with Crippen molar-refractivity contribution in [1.82, 2.24) is 10.2 Å². The average Bonchev–Trinajstić information content (AvgIpc) is 3.01. The van der Waals surface area contributed by atoms with Crippen molar-refractivity contribution in [1.29, 1.82) is 0 Å². The molecule has 0 heterocycles. The molecule has 1 aliphatic carbocycles. The van der Waals surface area contributed by atoms with Gasteiger partial charge in [-0.3, -0.25) is 13.9 Å². The molecule has 1 fully saturated rings. The van der Waals surface area contributed by atoms with E-state index in [0.717, 1.165) is 47.5 Å². The van der Waals surface area contributed by atoms with Gasteiger partial charge in [0.05, 0.1) is 22.7 Å². The summed E-state index contributed by atoms with van der Waals surface area (Å²) in [5.74, 6) is -0.361. The van der Waals surface area contributed by atoms with Crippen molar-refractivity contribution in [2.75, 3.05) is 24.5 Å². The lowest BCUT2D eigenvalue weighted by Gasteiger charge is -2.33. The van der Waals surface area contributed by atoms with E-state index in [1.165, 1.54) is 30.2 Å². The molecule has 230 valence electrons. The van der Waals surface area contributed by atoms with Gasteiger partial charge >= 0.3 is 0 Å². The Balaban J connectivity index is 1.66. The largest absolute Gasteiger partial charge is 0.495 e. The second kappa shape index (κ2) is 14.8. The summed E-state index contributed by atoms with van der Waals surface area (Å²) in [5, 5.41) is 3.33. The zero-order valence-corrected chi connectivity index (χ0v) is 26.5. The third-order valence-corrected chi connectivity index (χ3v) is 10.00. The minimum atomic E-state index is -4.19. The first-order valence-electron chi connectivity index (χ1n) is 14.7. The van der Waals surface area contributed by atoms with Gasteiger partial charge < -0.3 is 15.0 Å². The van der Waals surface area contributed by atoms with E-state index < -0.39 is 28.5 Å². The molecule has 1 aliphatic rings. The summed E-state index contributed by atoms with van der Waals surface area (Å²) in [5.41, 5.74) is 2.12. The van der Waals surface area contributed by atoms with Gasteiger partial charge in [-0.05, 0) is 69.0 Å². The smallest absolute Gasteiger partial charge is 0.264 e. The number of ether oxygens (including phenoxy) is 1. The number of nitrogens with zero attached hydrogens (tertiary/aromatic N) is 2. The van der Waals surface area contributed by atoms with Crippen LogP contribution >= 0.6 is 11.6 Å². The third kappa shape index (κ3) is 8.30. The fourth-order valence-electron chi connectivity index (χ4n) is 5.32. The highest BCUT2D eigenvalue weighted by atomic mass is 35.5. The number of halogens is 1. The van der Waals surface area contributed by atoms with Crippen LogP contribution in [-0.2, 0) is 26.0 Å². The number of sulfonamides is 1. The van der Waals surface area contributed by atoms with Crippen LogP contribution in [0.4, 0.5) is 5.69 Å². The third-order valence-electron chi connectivity index (χ3n) is 7.91. The van der Waals surface area contributed by atoms with Crippen molar-refractivity contribution < 1.29 is 22.7 Å². The van der Waals surface area contributed by atoms with Crippen molar-refractivity contribution in [3.63, 3.8) is 0 Å². The SMILES string of the molecule is COc1ccc(N(CC(=O)N(CCc2ccccc2)C(C)C(=O)NC2CCCCC2)S(=O)(=O)c2ccc(C)cc2)cc1Cl. The van der Waals surface area contributed by atoms with E-state index in [-0.39, 0.29) is 34.1 Å². The Labute approximate surface area is 260 Å². The number of rotatable bonds is 12. The van der Waals surface area contributed by atoms with E-state index in [1.807, 2.05) is 37.3 Å². The molecule has 4 rings (SSSR count). The molecular weight excluding hydrogens is 586 g/mol. The average molecular weight is 626 g/mol. The molecule has 1 atom stereocenters. The van der Waals surface area contributed by atoms with Gasteiger partial charge in [0.15, 0.2) is 0 Å². The quantitative estimate of drug-likeness (QED) is 0.276. The van der Waals surface area contributed by atoms with Gasteiger partial charge in [0, 0.05) is 12.6 Å². The number of nitrogens with one attached hydrogen (secondary N) is 1. The van der Waals surface area contributed by atoms with E-state index in [1.54, 1.807) is 31.2 Å². The number of anilines is 1. The summed E-state index contributed by atoms with van der Waals surface area (Å²) in [6.45, 7) is 3.29. The van der Waals surface area contributed by atoms with Gasteiger partial charge in [0.2, 0.25) is 11.8 Å². The van der Waals surface area contributed by atoms with E-state index in [0.29, 0.717) is 12.2 Å². The van der Waals surface area contributed by atoms with Crippen LogP contribution < -0.4 is 14.4 Å². The van der Waals surface area contributed by atoms with Crippen molar-refractivity contribution in [2.24, 2.45) is 0 Å². The predicted octanol–water partition coefficient (Wildman–Crippen LogP) is 5.76. The molecule has 0 aliphatic heterocycles. The number of aryl methyl sites for hydroxylation is 1. The summed E-state index contributed by atoms with van der Waals surface area (Å²) in [6, 6.07) is 20.0. The molecule has 1 unspecified atom stereocenters. The summed E-state index contributed by atoms with van der Waals surface area (Å²) in [7, 11) is -2.72. The number of carbonyl (C=O) groups excluding carboxylic acids is 2. The van der Waals surface area contributed by atoms with E-state index in [4.69, 9.17) is 16.3 Å². The Hall–Kier alpha value is -3.56. The van der Waals surface area contributed by atoms with E-state index >= 15 is 0 Å². The number of amides is 2. The van der Waals surface area contributed by atoms with Crippen LogP contribution in [0.15, 0.2) is 77.7 Å². The fourth-order valence-corrected chi connectivity index (χ4v) is 6.97. The van der Waals surface area contributed by atoms with Gasteiger partial charge in [0.25, 0.3) is 10.0 Å². The van der Waals surface area contributed by atoms with Crippen LogP contribution in [-0.4, -0.2) is 57.4 Å². The van der Waals surface area contributed by atoms with Crippen molar-refractivity contribution in [2.45, 2.75) is 69.4 Å². The molecule has 8 nitrogen and oxygen atoms in total. The first-order chi connectivity index (χ1) is 20.6. The maximum absolute atomic E-state index is 14.1. The fraction of sp³-hybridized carbons (Fsp3) is 0.394. The van der Waals surface area contributed by atoms with Crippen molar-refractivity contribution in [3.05, 3.63) is 88.9 Å². The summed E-state index contributed by atoms with van der Waals surface area (Å²) in [6.07, 6.45) is 5.61. The molecule has 0 bridgehead atoms. The number of methoxy groups -OCH3 is 1. The zero-order valence-electron chi connectivity index (χ0n) is 25.0. The second-order valence-electron chi connectivity index (χ2n) is 11.0. The van der Waals surface area contributed by atoms with Crippen LogP contribution in [0.25, 0.3) is 0 Å². The molecule has 0 aromatic heterocycles. The van der Waals surface area contributed by atoms with Gasteiger partial charge in [-0.15, -0.1) is 0 Å². The maximum Gasteiger partial charge on any atom is 0.264 e. The minimum absolute atomic E-state index is 0.0387. The maximum atomic E-state index is 14.1. The topological polar surface area (TPSA) is 96.0 Å². The van der Waals surface area contributed by atoms with Crippen LogP contribution in [0, 0.1) is 6.92 Å². The molecular formula is C33H40ClN3O5S. The number of hydrogen-bond donors (Lipinski definition) is 1. The Bertz CT molecular complexity index is 1490. The van der Waals surface area contributed by atoms with Crippen LogP contribution in [0.3, 0.4) is 0 Å². The van der Waals surface area contributed by atoms with Crippen LogP contribution in [0.1, 0.15) is 50.2 Å². The summed E-state index contributed by atoms with van der Waals surface area (Å²) >= 11 is 6.40. The molecule has 0 spiro atoms. The number of benzene rings is 3. The molecule has 10 heteroatoms. The normalized spacial score (nSPS) is 14.5. The minimum Gasteiger partial charge on any atom is -0.495 e. The molecule has 43 heavy (non-hydrogen) atoms. The highest BCUT2D eigenvalue weighted by Crippen LogP contribution is 2.32. The molecule has 0 radical (unpaired) electrons. The highest BCUT2D eigenvalue weighted by Gasteiger charge is 2.33.